The molecule has 140 valence electrons. The molecule has 0 bridgehead atoms. The van der Waals surface area contributed by atoms with Gasteiger partial charge in [0.15, 0.2) is 4.77 Å². The lowest BCUT2D eigenvalue weighted by Crippen LogP contribution is -2.41. The molecule has 0 unspecified atom stereocenters. The van der Waals surface area contributed by atoms with Crippen molar-refractivity contribution in [1.82, 2.24) is 14.9 Å². The van der Waals surface area contributed by atoms with Gasteiger partial charge in [0.2, 0.25) is 5.91 Å². The van der Waals surface area contributed by atoms with Crippen molar-refractivity contribution >= 4 is 29.0 Å². The van der Waals surface area contributed by atoms with Crippen LogP contribution >= 0.6 is 12.2 Å². The number of amides is 1. The maximum atomic E-state index is 12.6. The Labute approximate surface area is 157 Å². The molecule has 1 aliphatic carbocycles. The molecule has 0 aliphatic heterocycles. The highest BCUT2D eigenvalue weighted by Crippen LogP contribution is 2.23. The van der Waals surface area contributed by atoms with Gasteiger partial charge in [0.1, 0.15) is 0 Å². The number of aromatic nitrogens is 2. The Morgan fingerprint density at radius 2 is 2.04 bits per heavy atom. The zero-order valence-electron chi connectivity index (χ0n) is 14.7. The fourth-order valence-electron chi connectivity index (χ4n) is 3.69. The van der Waals surface area contributed by atoms with Crippen LogP contribution in [-0.4, -0.2) is 33.2 Å². The molecule has 0 radical (unpaired) electrons. The molecule has 1 aliphatic rings. The van der Waals surface area contributed by atoms with E-state index < -0.39 is 0 Å². The smallest absolute Gasteiger partial charge is 0.262 e. The number of carbonyl (C=O) groups is 1. The number of benzene rings is 1. The lowest BCUT2D eigenvalue weighted by Gasteiger charge is -2.24. The molecule has 6 nitrogen and oxygen atoms in total. The highest BCUT2D eigenvalue weighted by atomic mass is 32.1. The number of hydrogen-bond acceptors (Lipinski definition) is 4. The van der Waals surface area contributed by atoms with E-state index in [4.69, 9.17) is 12.2 Å². The Balaban J connectivity index is 1.69. The minimum Gasteiger partial charge on any atom is -0.396 e. The second-order valence-electron chi connectivity index (χ2n) is 6.94. The van der Waals surface area contributed by atoms with E-state index in [0.29, 0.717) is 15.7 Å². The van der Waals surface area contributed by atoms with Crippen molar-refractivity contribution in [2.45, 2.75) is 51.1 Å². The van der Waals surface area contributed by atoms with Crippen LogP contribution in [0.2, 0.25) is 0 Å². The molecule has 2 aromatic rings. The number of aromatic amines is 1. The van der Waals surface area contributed by atoms with Crippen LogP contribution in [0.3, 0.4) is 0 Å². The molecule has 1 saturated carbocycles. The summed E-state index contributed by atoms with van der Waals surface area (Å²) in [5, 5.41) is 13.2. The number of rotatable bonds is 5. The van der Waals surface area contributed by atoms with E-state index in [9.17, 15) is 14.7 Å². The largest absolute Gasteiger partial charge is 0.396 e. The van der Waals surface area contributed by atoms with Gasteiger partial charge in [-0.2, -0.15) is 0 Å². The highest BCUT2D eigenvalue weighted by Gasteiger charge is 2.24. The van der Waals surface area contributed by atoms with Crippen LogP contribution in [-0.2, 0) is 11.3 Å². The first-order chi connectivity index (χ1) is 12.6. The molecule has 1 heterocycles. The molecule has 26 heavy (non-hydrogen) atoms. The van der Waals surface area contributed by atoms with Gasteiger partial charge in [-0.15, -0.1) is 0 Å². The molecule has 2 atom stereocenters. The molecule has 1 aromatic carbocycles. The standard InChI is InChI=1S/C19H25N3O3S/c23-12-13-6-2-1-3-8-15(13)20-17(24)10-11-22-18(25)14-7-4-5-9-16(14)21-19(22)26/h4-5,7,9,13,15,23H,1-3,6,8,10-12H2,(H,20,24)(H,21,26)/t13-,15-/m0/s1. The number of hydrogen-bond donors (Lipinski definition) is 3. The molecule has 1 aromatic heterocycles. The molecule has 0 saturated heterocycles. The Morgan fingerprint density at radius 3 is 2.85 bits per heavy atom. The number of para-hydroxylation sites is 1. The summed E-state index contributed by atoms with van der Waals surface area (Å²) in [5.74, 6) is 0.0116. The molecular formula is C19H25N3O3S. The van der Waals surface area contributed by atoms with Gasteiger partial charge in [0, 0.05) is 31.5 Å². The minimum atomic E-state index is -0.181. The first-order valence-corrected chi connectivity index (χ1v) is 9.63. The number of aliphatic hydroxyl groups is 1. The summed E-state index contributed by atoms with van der Waals surface area (Å²) in [6.07, 6.45) is 5.33. The van der Waals surface area contributed by atoms with E-state index in [0.717, 1.165) is 32.1 Å². The van der Waals surface area contributed by atoms with E-state index in [1.165, 1.54) is 4.57 Å². The second kappa shape index (κ2) is 8.60. The molecule has 1 fully saturated rings. The quantitative estimate of drug-likeness (QED) is 0.554. The van der Waals surface area contributed by atoms with Crippen molar-refractivity contribution in [2.75, 3.05) is 6.61 Å². The van der Waals surface area contributed by atoms with Crippen LogP contribution in [0, 0.1) is 10.7 Å². The van der Waals surface area contributed by atoms with Crippen molar-refractivity contribution in [3.05, 3.63) is 39.4 Å². The number of fused-ring (bicyclic) bond motifs is 1. The van der Waals surface area contributed by atoms with E-state index >= 15 is 0 Å². The summed E-state index contributed by atoms with van der Waals surface area (Å²) in [6, 6.07) is 7.22. The Hall–Kier alpha value is -1.99. The number of H-pyrrole nitrogens is 1. The fraction of sp³-hybridized carbons (Fsp3) is 0.526. The van der Waals surface area contributed by atoms with Crippen molar-refractivity contribution in [2.24, 2.45) is 5.92 Å². The summed E-state index contributed by atoms with van der Waals surface area (Å²) in [5.41, 5.74) is 0.521. The van der Waals surface area contributed by atoms with Crippen molar-refractivity contribution in [1.29, 1.82) is 0 Å². The van der Waals surface area contributed by atoms with E-state index in [-0.39, 0.29) is 43.0 Å². The second-order valence-corrected chi connectivity index (χ2v) is 7.32. The topological polar surface area (TPSA) is 87.1 Å². The van der Waals surface area contributed by atoms with Crippen LogP contribution in [0.5, 0.6) is 0 Å². The molecule has 3 N–H and O–H groups in total. The third-order valence-electron chi connectivity index (χ3n) is 5.19. The summed E-state index contributed by atoms with van der Waals surface area (Å²) < 4.78 is 1.76. The van der Waals surface area contributed by atoms with Crippen LogP contribution in [0.15, 0.2) is 29.1 Å². The van der Waals surface area contributed by atoms with Gasteiger partial charge in [0.25, 0.3) is 5.56 Å². The van der Waals surface area contributed by atoms with Crippen LogP contribution < -0.4 is 10.9 Å². The third kappa shape index (κ3) is 4.22. The van der Waals surface area contributed by atoms with Gasteiger partial charge < -0.3 is 15.4 Å². The van der Waals surface area contributed by atoms with Gasteiger partial charge in [-0.25, -0.2) is 0 Å². The lowest BCUT2D eigenvalue weighted by atomic mass is 9.95. The predicted molar refractivity (Wildman–Crippen MR) is 104 cm³/mol. The van der Waals surface area contributed by atoms with Gasteiger partial charge in [0.05, 0.1) is 10.9 Å². The SMILES string of the molecule is O=C(CCn1c(=S)[nH]c2ccccc2c1=O)N[C@H]1CCCCC[C@H]1CO. The molecule has 0 spiro atoms. The first-order valence-electron chi connectivity index (χ1n) is 9.22. The average Bonchev–Trinajstić information content (AvgIpc) is 2.86. The zero-order chi connectivity index (χ0) is 18.5. The number of nitrogens with zero attached hydrogens (tertiary/aromatic N) is 1. The molecular weight excluding hydrogens is 350 g/mol. The van der Waals surface area contributed by atoms with Gasteiger partial charge in [-0.3, -0.25) is 14.2 Å². The normalized spacial score (nSPS) is 20.7. The van der Waals surface area contributed by atoms with Crippen LogP contribution in [0.1, 0.15) is 38.5 Å². The van der Waals surface area contributed by atoms with Gasteiger partial charge in [-0.05, 0) is 37.2 Å². The first kappa shape index (κ1) is 18.8. The van der Waals surface area contributed by atoms with Gasteiger partial charge in [-0.1, -0.05) is 31.4 Å². The Morgan fingerprint density at radius 1 is 1.27 bits per heavy atom. The minimum absolute atomic E-state index is 0.0119. The summed E-state index contributed by atoms with van der Waals surface area (Å²) in [7, 11) is 0. The summed E-state index contributed by atoms with van der Waals surface area (Å²) in [4.78, 5) is 28.0. The van der Waals surface area contributed by atoms with Crippen molar-refractivity contribution in [3.8, 4) is 0 Å². The van der Waals surface area contributed by atoms with Crippen molar-refractivity contribution in [3.63, 3.8) is 0 Å². The van der Waals surface area contributed by atoms with E-state index in [2.05, 4.69) is 10.3 Å². The van der Waals surface area contributed by atoms with Crippen molar-refractivity contribution < 1.29 is 9.90 Å². The number of carbonyl (C=O) groups excluding carboxylic acids is 1. The highest BCUT2D eigenvalue weighted by molar-refractivity contribution is 7.71. The molecule has 3 rings (SSSR count). The number of nitrogens with one attached hydrogen (secondary N) is 2. The Bertz CT molecular complexity index is 889. The maximum Gasteiger partial charge on any atom is 0.262 e. The summed E-state index contributed by atoms with van der Waals surface area (Å²) in [6.45, 7) is 0.335. The fourth-order valence-corrected chi connectivity index (χ4v) is 3.97. The zero-order valence-corrected chi connectivity index (χ0v) is 15.6. The third-order valence-corrected chi connectivity index (χ3v) is 5.51. The summed E-state index contributed by atoms with van der Waals surface area (Å²) >= 11 is 5.28. The van der Waals surface area contributed by atoms with Gasteiger partial charge >= 0.3 is 0 Å². The maximum absolute atomic E-state index is 12.6. The Kier molecular flexibility index (Phi) is 6.21. The van der Waals surface area contributed by atoms with Crippen LogP contribution in [0.25, 0.3) is 10.9 Å². The van der Waals surface area contributed by atoms with Crippen LogP contribution in [0.4, 0.5) is 0 Å². The predicted octanol–water partition coefficient (Wildman–Crippen LogP) is 2.51. The number of aliphatic hydroxyl groups excluding tert-OH is 1. The monoisotopic (exact) mass is 375 g/mol. The molecule has 1 amide bonds. The molecule has 7 heteroatoms. The average molecular weight is 375 g/mol. The van der Waals surface area contributed by atoms with E-state index in [1.54, 1.807) is 12.1 Å². The van der Waals surface area contributed by atoms with E-state index in [1.807, 2.05) is 12.1 Å². The lowest BCUT2D eigenvalue weighted by molar-refractivity contribution is -0.122.